The summed E-state index contributed by atoms with van der Waals surface area (Å²) in [5.41, 5.74) is 4.77. The van der Waals surface area contributed by atoms with Crippen molar-refractivity contribution in [2.45, 2.75) is 38.6 Å². The number of rotatable bonds is 8. The number of nitrogens with zero attached hydrogens (tertiary/aromatic N) is 2. The number of nitrogens with one attached hydrogen (secondary N) is 2. The Labute approximate surface area is 206 Å². The second-order valence-electron chi connectivity index (χ2n) is 7.88. The number of aromatic nitrogens is 2. The van der Waals surface area contributed by atoms with E-state index >= 15 is 0 Å². The van der Waals surface area contributed by atoms with Gasteiger partial charge in [0.2, 0.25) is 5.91 Å². The van der Waals surface area contributed by atoms with Crippen molar-refractivity contribution in [3.8, 4) is 11.4 Å². The fourth-order valence-corrected chi connectivity index (χ4v) is 3.11. The zero-order valence-electron chi connectivity index (χ0n) is 19.2. The minimum atomic E-state index is -4.87. The summed E-state index contributed by atoms with van der Waals surface area (Å²) in [6.45, 7) is 1.34. The molecule has 1 atom stereocenters. The summed E-state index contributed by atoms with van der Waals surface area (Å²) in [6.07, 6.45) is -9.70. The lowest BCUT2D eigenvalue weighted by molar-refractivity contribution is -0.274. The number of halogens is 6. The zero-order valence-corrected chi connectivity index (χ0v) is 19.2. The topological polar surface area (TPSA) is 111 Å². The van der Waals surface area contributed by atoms with Gasteiger partial charge in [0.1, 0.15) is 11.4 Å². The first-order valence-corrected chi connectivity index (χ1v) is 10.7. The van der Waals surface area contributed by atoms with E-state index in [1.54, 1.807) is 6.07 Å². The molecular formula is C23H21F6N5O3. The van der Waals surface area contributed by atoms with Crippen molar-refractivity contribution in [2.75, 3.05) is 0 Å². The molecule has 1 heterocycles. The first-order chi connectivity index (χ1) is 17.2. The van der Waals surface area contributed by atoms with Crippen molar-refractivity contribution in [1.82, 2.24) is 20.4 Å². The first kappa shape index (κ1) is 27.5. The quantitative estimate of drug-likeness (QED) is 0.386. The van der Waals surface area contributed by atoms with E-state index in [0.717, 1.165) is 16.8 Å². The molecule has 8 nitrogen and oxygen atoms in total. The molecule has 0 radical (unpaired) electrons. The fraction of sp³-hybridized carbons (Fsp3) is 0.261. The molecule has 2 aromatic carbocycles. The maximum Gasteiger partial charge on any atom is 0.573 e. The number of nitrogens with two attached hydrogens (primary N) is 1. The van der Waals surface area contributed by atoms with Gasteiger partial charge in [0, 0.05) is 19.2 Å². The lowest BCUT2D eigenvalue weighted by Gasteiger charge is -2.12. The second kappa shape index (κ2) is 10.9. The van der Waals surface area contributed by atoms with Crippen LogP contribution in [0.15, 0.2) is 54.6 Å². The highest BCUT2D eigenvalue weighted by Crippen LogP contribution is 2.30. The van der Waals surface area contributed by atoms with Crippen LogP contribution in [0.3, 0.4) is 0 Å². The van der Waals surface area contributed by atoms with Gasteiger partial charge in [0.05, 0.1) is 11.7 Å². The van der Waals surface area contributed by atoms with Gasteiger partial charge in [0.25, 0.3) is 5.91 Å². The van der Waals surface area contributed by atoms with Crippen LogP contribution in [0.5, 0.6) is 5.75 Å². The molecule has 1 aromatic heterocycles. The molecular weight excluding hydrogens is 508 g/mol. The van der Waals surface area contributed by atoms with Crippen LogP contribution < -0.4 is 21.1 Å². The summed E-state index contributed by atoms with van der Waals surface area (Å²) in [5.74, 6) is -1.80. The molecule has 37 heavy (non-hydrogen) atoms. The van der Waals surface area contributed by atoms with E-state index in [9.17, 15) is 35.9 Å². The average molecular weight is 529 g/mol. The third-order valence-electron chi connectivity index (χ3n) is 4.88. The Morgan fingerprint density at radius 2 is 1.62 bits per heavy atom. The molecule has 0 saturated heterocycles. The van der Waals surface area contributed by atoms with E-state index in [1.807, 2.05) is 0 Å². The number of ether oxygens (including phenoxy) is 1. The predicted molar refractivity (Wildman–Crippen MR) is 118 cm³/mol. The normalized spacial score (nSPS) is 12.6. The Balaban J connectivity index is 1.81. The minimum absolute atomic E-state index is 0.0389. The summed E-state index contributed by atoms with van der Waals surface area (Å²) < 4.78 is 81.6. The number of alkyl halides is 6. The number of hydrogen-bond donors (Lipinski definition) is 3. The van der Waals surface area contributed by atoms with Crippen molar-refractivity contribution >= 4 is 11.8 Å². The van der Waals surface area contributed by atoms with E-state index < -0.39 is 47.5 Å². The Morgan fingerprint density at radius 1 is 0.973 bits per heavy atom. The van der Waals surface area contributed by atoms with E-state index in [1.165, 1.54) is 37.3 Å². The van der Waals surface area contributed by atoms with Gasteiger partial charge in [-0.05, 0) is 42.3 Å². The SMILES string of the molecule is C[C@H](N)C(=O)NCc1cccc(-n2nc(C(F)(F)F)cc2C(=O)NCc2ccc(OC(F)(F)F)cc2)c1. The third-order valence-corrected chi connectivity index (χ3v) is 4.88. The van der Waals surface area contributed by atoms with Gasteiger partial charge in [-0.3, -0.25) is 9.59 Å². The number of hydrogen-bond acceptors (Lipinski definition) is 5. The van der Waals surface area contributed by atoms with Crippen LogP contribution in [-0.4, -0.2) is 34.0 Å². The molecule has 3 aromatic rings. The van der Waals surface area contributed by atoms with Crippen LogP contribution in [0.25, 0.3) is 5.69 Å². The van der Waals surface area contributed by atoms with E-state index in [-0.39, 0.29) is 18.8 Å². The van der Waals surface area contributed by atoms with Gasteiger partial charge in [-0.2, -0.15) is 18.3 Å². The number of carbonyl (C=O) groups excluding carboxylic acids is 2. The van der Waals surface area contributed by atoms with Crippen molar-refractivity contribution in [2.24, 2.45) is 5.73 Å². The predicted octanol–water partition coefficient (Wildman–Crippen LogP) is 3.68. The number of benzene rings is 2. The molecule has 2 amide bonds. The molecule has 0 bridgehead atoms. The second-order valence-corrected chi connectivity index (χ2v) is 7.88. The highest BCUT2D eigenvalue weighted by molar-refractivity contribution is 5.93. The van der Waals surface area contributed by atoms with E-state index in [4.69, 9.17) is 5.73 Å². The summed E-state index contributed by atoms with van der Waals surface area (Å²) in [7, 11) is 0. The summed E-state index contributed by atoms with van der Waals surface area (Å²) in [5, 5.41) is 8.54. The van der Waals surface area contributed by atoms with Gasteiger partial charge in [0.15, 0.2) is 5.69 Å². The maximum absolute atomic E-state index is 13.4. The van der Waals surface area contributed by atoms with Gasteiger partial charge in [-0.1, -0.05) is 24.3 Å². The van der Waals surface area contributed by atoms with Gasteiger partial charge in [-0.25, -0.2) is 4.68 Å². The molecule has 0 saturated carbocycles. The maximum atomic E-state index is 13.4. The van der Waals surface area contributed by atoms with Crippen LogP contribution in [0.4, 0.5) is 26.3 Å². The van der Waals surface area contributed by atoms with Crippen LogP contribution >= 0.6 is 0 Å². The van der Waals surface area contributed by atoms with Gasteiger partial charge in [-0.15, -0.1) is 13.2 Å². The molecule has 198 valence electrons. The summed E-state index contributed by atoms with van der Waals surface area (Å²) in [6, 6.07) is 10.4. The molecule has 4 N–H and O–H groups in total. The standard InChI is InChI=1S/C23H21F6N5O3/c1-13(30)20(35)31-12-15-3-2-4-16(9-15)34-18(10-19(33-34)22(24,25)26)21(36)32-11-14-5-7-17(8-6-14)37-23(27,28)29/h2-10,13H,11-12,30H2,1H3,(H,31,35)(H,32,36)/t13-/m0/s1. The van der Waals surface area contributed by atoms with E-state index in [0.29, 0.717) is 17.2 Å². The van der Waals surface area contributed by atoms with Crippen LogP contribution in [-0.2, 0) is 24.1 Å². The van der Waals surface area contributed by atoms with Crippen molar-refractivity contribution < 1.29 is 40.7 Å². The lowest BCUT2D eigenvalue weighted by atomic mass is 10.2. The van der Waals surface area contributed by atoms with E-state index in [2.05, 4.69) is 20.5 Å². The van der Waals surface area contributed by atoms with Crippen LogP contribution in [0.1, 0.15) is 34.2 Å². The molecule has 0 aliphatic carbocycles. The van der Waals surface area contributed by atoms with Crippen molar-refractivity contribution in [3.63, 3.8) is 0 Å². The molecule has 0 aliphatic heterocycles. The Morgan fingerprint density at radius 3 is 2.22 bits per heavy atom. The monoisotopic (exact) mass is 529 g/mol. The zero-order chi connectivity index (χ0) is 27.4. The molecule has 14 heteroatoms. The average Bonchev–Trinajstić information content (AvgIpc) is 3.27. The highest BCUT2D eigenvalue weighted by atomic mass is 19.4. The largest absolute Gasteiger partial charge is 0.573 e. The van der Waals surface area contributed by atoms with Crippen LogP contribution in [0.2, 0.25) is 0 Å². The molecule has 3 rings (SSSR count). The third kappa shape index (κ3) is 7.70. The first-order valence-electron chi connectivity index (χ1n) is 10.7. The highest BCUT2D eigenvalue weighted by Gasteiger charge is 2.36. The lowest BCUT2D eigenvalue weighted by Crippen LogP contribution is -2.37. The Hall–Kier alpha value is -4.07. The smallest absolute Gasteiger partial charge is 0.406 e. The minimum Gasteiger partial charge on any atom is -0.406 e. The molecule has 0 fully saturated rings. The fourth-order valence-electron chi connectivity index (χ4n) is 3.11. The van der Waals surface area contributed by atoms with Gasteiger partial charge >= 0.3 is 12.5 Å². The molecule has 0 spiro atoms. The summed E-state index contributed by atoms with van der Waals surface area (Å²) >= 11 is 0. The van der Waals surface area contributed by atoms with Crippen molar-refractivity contribution in [1.29, 1.82) is 0 Å². The van der Waals surface area contributed by atoms with Gasteiger partial charge < -0.3 is 21.1 Å². The van der Waals surface area contributed by atoms with Crippen LogP contribution in [0, 0.1) is 0 Å². The molecule has 0 aliphatic rings. The summed E-state index contributed by atoms with van der Waals surface area (Å²) in [4.78, 5) is 24.5. The molecule has 0 unspecified atom stereocenters. The Bertz CT molecular complexity index is 1250. The Kier molecular flexibility index (Phi) is 8.11. The number of carbonyl (C=O) groups is 2. The van der Waals surface area contributed by atoms with Crippen molar-refractivity contribution in [3.05, 3.63) is 77.1 Å². The number of amides is 2.